The molecule has 3 aliphatic rings. The topological polar surface area (TPSA) is 276 Å². The number of amides is 2. The Kier molecular flexibility index (Phi) is 10.8. The Balaban J connectivity index is 1.27. The molecule has 0 radical (unpaired) electrons. The van der Waals surface area contributed by atoms with E-state index in [1.54, 1.807) is 18.2 Å². The van der Waals surface area contributed by atoms with E-state index in [0.29, 0.717) is 11.1 Å². The van der Waals surface area contributed by atoms with Crippen molar-refractivity contribution in [3.05, 3.63) is 81.4 Å². The van der Waals surface area contributed by atoms with Crippen LogP contribution in [-0.4, -0.2) is 107 Å². The van der Waals surface area contributed by atoms with Gasteiger partial charge in [-0.3, -0.25) is 14.5 Å². The first-order chi connectivity index (χ1) is 24.2. The van der Waals surface area contributed by atoms with Crippen LogP contribution in [0.4, 0.5) is 5.13 Å². The van der Waals surface area contributed by atoms with Crippen molar-refractivity contribution in [1.82, 2.24) is 20.5 Å². The fourth-order valence-electron chi connectivity index (χ4n) is 4.84. The molecule has 20 heteroatoms. The molecule has 1 aromatic heterocycles. The summed E-state index contributed by atoms with van der Waals surface area (Å²) in [6.45, 7) is 2.41. The Labute approximate surface area is 297 Å². The summed E-state index contributed by atoms with van der Waals surface area (Å²) in [7, 11) is 0. The number of allylic oxidation sites excluding steroid dienone is 2. The second-order valence-corrected chi connectivity index (χ2v) is 13.6. The average molecular weight is 742 g/mol. The largest absolute Gasteiger partial charge is 0.508 e. The van der Waals surface area contributed by atoms with E-state index in [2.05, 4.69) is 25.9 Å². The number of nitrogens with one attached hydrogen (secondary N) is 2. The number of nitrogens with two attached hydrogens (primary N) is 1. The molecule has 1 saturated heterocycles. The van der Waals surface area contributed by atoms with E-state index in [4.69, 9.17) is 15.4 Å². The summed E-state index contributed by atoms with van der Waals surface area (Å²) in [5.74, 6) is -5.76. The standard InChI is InChI=1S/C31H31N7O11S2/c1-31(2,29(46)47)49-37-21(18-13-51-30(32)34-18)24(41)35-22-25(42)38-23(27(43)44)16(12-50-26(22)38)11-33-10-15-8-19(39)20(40)9-17(15)36-48-28(45)14-6-4-3-5-7-14/h3-8,13,22,26,33,39-40H,9-12H2,1-2H3,(H2,32,34)(H,35,41)(H,43,44)(H,46,47)/b36-17?,37-21-/t22?,26-/m0/s1. The van der Waals surface area contributed by atoms with Crippen LogP contribution in [0.2, 0.25) is 0 Å². The van der Waals surface area contributed by atoms with Crippen molar-refractivity contribution in [1.29, 1.82) is 0 Å². The number of thioether (sulfide) groups is 1. The molecule has 2 atom stereocenters. The number of carboxylic acid groups (broad SMARTS) is 2. The number of fused-ring (bicyclic) bond motifs is 1. The number of carbonyl (C=O) groups is 5. The maximum Gasteiger partial charge on any atom is 0.365 e. The SMILES string of the molecule is CC(C)(O/N=C(\C(=O)NC1C(=O)N2C(C(=O)O)=C(CNCC3=CC(O)=C(O)CC3=NOC(=O)c3ccccc3)CS[C@@H]12)c1csc(N)n1)C(=O)O. The second-order valence-electron chi connectivity index (χ2n) is 11.6. The highest BCUT2D eigenvalue weighted by atomic mass is 32.2. The first-order valence-electron chi connectivity index (χ1n) is 15.0. The van der Waals surface area contributed by atoms with Crippen molar-refractivity contribution in [2.24, 2.45) is 10.3 Å². The van der Waals surface area contributed by atoms with E-state index in [9.17, 15) is 44.4 Å². The van der Waals surface area contributed by atoms with E-state index >= 15 is 0 Å². The smallest absolute Gasteiger partial charge is 0.365 e. The minimum atomic E-state index is -1.81. The molecule has 1 fully saturated rings. The van der Waals surface area contributed by atoms with Crippen LogP contribution >= 0.6 is 23.1 Å². The van der Waals surface area contributed by atoms with Gasteiger partial charge in [-0.1, -0.05) is 28.5 Å². The summed E-state index contributed by atoms with van der Waals surface area (Å²) in [6, 6.07) is 6.94. The Morgan fingerprint density at radius 3 is 2.51 bits per heavy atom. The Bertz CT molecular complexity index is 1940. The number of nitrogens with zero attached hydrogens (tertiary/aromatic N) is 4. The zero-order chi connectivity index (χ0) is 37.0. The Hall–Kier alpha value is -5.73. The highest BCUT2D eigenvalue weighted by Crippen LogP contribution is 2.40. The van der Waals surface area contributed by atoms with E-state index in [1.807, 2.05) is 0 Å². The Morgan fingerprint density at radius 2 is 1.86 bits per heavy atom. The van der Waals surface area contributed by atoms with Crippen LogP contribution in [0.15, 0.2) is 80.5 Å². The van der Waals surface area contributed by atoms with Crippen molar-refractivity contribution in [2.75, 3.05) is 24.6 Å². The number of hydrogen-bond acceptors (Lipinski definition) is 16. The van der Waals surface area contributed by atoms with Crippen LogP contribution in [-0.2, 0) is 28.9 Å². The molecule has 0 saturated carbocycles. The van der Waals surface area contributed by atoms with E-state index < -0.39 is 58.2 Å². The molecule has 2 aromatic rings. The lowest BCUT2D eigenvalue weighted by Crippen LogP contribution is -2.71. The first kappa shape index (κ1) is 36.5. The number of aliphatic carboxylic acids is 2. The van der Waals surface area contributed by atoms with Gasteiger partial charge in [-0.05, 0) is 43.2 Å². The monoisotopic (exact) mass is 741 g/mol. The number of aliphatic hydroxyl groups excluding tert-OH is 2. The predicted molar refractivity (Wildman–Crippen MR) is 183 cm³/mol. The molecule has 1 aliphatic carbocycles. The minimum absolute atomic E-state index is 0.000182. The third-order valence-corrected chi connectivity index (χ3v) is 9.62. The van der Waals surface area contributed by atoms with Gasteiger partial charge in [0.15, 0.2) is 16.6 Å². The van der Waals surface area contributed by atoms with Crippen LogP contribution in [0.3, 0.4) is 0 Å². The zero-order valence-electron chi connectivity index (χ0n) is 26.9. The average Bonchev–Trinajstić information content (AvgIpc) is 3.53. The number of carbonyl (C=O) groups excluding carboxylic acids is 3. The quantitative estimate of drug-likeness (QED) is 0.0663. The number of carboxylic acids is 2. The molecule has 8 N–H and O–H groups in total. The van der Waals surface area contributed by atoms with Crippen LogP contribution in [0.1, 0.15) is 36.3 Å². The highest BCUT2D eigenvalue weighted by molar-refractivity contribution is 8.00. The van der Waals surface area contributed by atoms with Crippen molar-refractivity contribution >= 4 is 69.4 Å². The molecule has 1 unspecified atom stereocenters. The van der Waals surface area contributed by atoms with Crippen molar-refractivity contribution < 1.29 is 54.1 Å². The molecule has 1 aromatic carbocycles. The van der Waals surface area contributed by atoms with Gasteiger partial charge in [0.1, 0.15) is 28.6 Å². The summed E-state index contributed by atoms with van der Waals surface area (Å²) in [5, 5.41) is 53.5. The molecule has 51 heavy (non-hydrogen) atoms. The Morgan fingerprint density at radius 1 is 1.14 bits per heavy atom. The molecule has 0 bridgehead atoms. The lowest BCUT2D eigenvalue weighted by molar-refractivity contribution is -0.161. The zero-order valence-corrected chi connectivity index (χ0v) is 28.5. The van der Waals surface area contributed by atoms with E-state index in [1.165, 1.54) is 49.2 Å². The normalized spacial score (nSPS) is 20.0. The third kappa shape index (κ3) is 8.03. The lowest BCUT2D eigenvalue weighted by Gasteiger charge is -2.49. The van der Waals surface area contributed by atoms with Crippen LogP contribution < -0.4 is 16.4 Å². The second kappa shape index (κ2) is 15.0. The molecule has 0 spiro atoms. The lowest BCUT2D eigenvalue weighted by atomic mass is 9.99. The molecule has 268 valence electrons. The number of hydrogen-bond donors (Lipinski definition) is 7. The number of anilines is 1. The molecule has 2 aliphatic heterocycles. The van der Waals surface area contributed by atoms with Gasteiger partial charge in [0.05, 0.1) is 17.7 Å². The predicted octanol–water partition coefficient (Wildman–Crippen LogP) is 1.51. The molecule has 2 amide bonds. The van der Waals surface area contributed by atoms with Crippen LogP contribution in [0.5, 0.6) is 0 Å². The number of aromatic nitrogens is 1. The van der Waals surface area contributed by atoms with Gasteiger partial charge >= 0.3 is 17.9 Å². The molecule has 3 heterocycles. The number of thiazole rings is 1. The van der Waals surface area contributed by atoms with Gasteiger partial charge in [-0.25, -0.2) is 19.4 Å². The first-order valence-corrected chi connectivity index (χ1v) is 16.9. The number of oxime groups is 2. The van der Waals surface area contributed by atoms with Gasteiger partial charge in [-0.15, -0.1) is 23.1 Å². The van der Waals surface area contributed by atoms with Crippen molar-refractivity contribution in [2.45, 2.75) is 37.3 Å². The summed E-state index contributed by atoms with van der Waals surface area (Å²) in [5.41, 5.74) is 4.24. The summed E-state index contributed by atoms with van der Waals surface area (Å²) >= 11 is 2.19. The van der Waals surface area contributed by atoms with Crippen LogP contribution in [0.25, 0.3) is 0 Å². The number of nitrogen functional groups attached to an aromatic ring is 1. The highest BCUT2D eigenvalue weighted by Gasteiger charge is 2.54. The molecule has 5 rings (SSSR count). The van der Waals surface area contributed by atoms with E-state index in [0.717, 1.165) is 16.2 Å². The van der Waals surface area contributed by atoms with Gasteiger partial charge < -0.3 is 46.5 Å². The minimum Gasteiger partial charge on any atom is -0.508 e. The van der Waals surface area contributed by atoms with Crippen molar-refractivity contribution in [3.63, 3.8) is 0 Å². The molecule has 18 nitrogen and oxygen atoms in total. The fourth-order valence-corrected chi connectivity index (χ4v) is 6.73. The van der Waals surface area contributed by atoms with E-state index in [-0.39, 0.29) is 58.8 Å². The molecular weight excluding hydrogens is 711 g/mol. The van der Waals surface area contributed by atoms with Crippen molar-refractivity contribution in [3.8, 4) is 0 Å². The number of β-lactam (4-membered cyclic amide) rings is 1. The number of rotatable bonds is 13. The maximum absolute atomic E-state index is 13.3. The number of benzene rings is 1. The number of aliphatic hydroxyl groups is 2. The van der Waals surface area contributed by atoms with Gasteiger partial charge in [0, 0.05) is 24.2 Å². The van der Waals surface area contributed by atoms with Gasteiger partial charge in [-0.2, -0.15) is 0 Å². The summed E-state index contributed by atoms with van der Waals surface area (Å²) in [4.78, 5) is 78.1. The molecular formula is C31H31N7O11S2. The fraction of sp³-hybridized carbons (Fsp3) is 0.290. The van der Waals surface area contributed by atoms with Gasteiger partial charge in [0.2, 0.25) is 5.60 Å². The third-order valence-electron chi connectivity index (χ3n) is 7.61. The maximum atomic E-state index is 13.3. The van der Waals surface area contributed by atoms with Gasteiger partial charge in [0.25, 0.3) is 11.8 Å². The van der Waals surface area contributed by atoms with Crippen LogP contribution in [0, 0.1) is 0 Å². The summed E-state index contributed by atoms with van der Waals surface area (Å²) < 4.78 is 0. The summed E-state index contributed by atoms with van der Waals surface area (Å²) in [6.07, 6.45) is 1.000.